The van der Waals surface area contributed by atoms with E-state index in [9.17, 15) is 4.79 Å². The lowest BCUT2D eigenvalue weighted by molar-refractivity contribution is -0.113. The average molecular weight is 498 g/mol. The van der Waals surface area contributed by atoms with Gasteiger partial charge in [0.05, 0.1) is 12.7 Å². The topological polar surface area (TPSA) is 81.1 Å². The molecule has 7 nitrogen and oxygen atoms in total. The first-order valence-corrected chi connectivity index (χ1v) is 12.6. The van der Waals surface area contributed by atoms with Gasteiger partial charge in [0.25, 0.3) is 5.91 Å². The van der Waals surface area contributed by atoms with E-state index in [-0.39, 0.29) is 5.91 Å². The molecular weight excluding hydrogens is 470 g/mol. The number of amides is 1. The second-order valence-corrected chi connectivity index (χ2v) is 9.49. The number of benzene rings is 3. The summed E-state index contributed by atoms with van der Waals surface area (Å²) in [5.74, 6) is 1.96. The quantitative estimate of drug-likeness (QED) is 0.314. The van der Waals surface area contributed by atoms with E-state index in [1.807, 2.05) is 78.3 Å². The maximum absolute atomic E-state index is 13.6. The summed E-state index contributed by atoms with van der Waals surface area (Å²) in [5, 5.41) is 11.8. The van der Waals surface area contributed by atoms with Crippen LogP contribution in [-0.4, -0.2) is 27.8 Å². The van der Waals surface area contributed by atoms with Crippen molar-refractivity contribution in [3.05, 3.63) is 107 Å². The molecule has 1 aliphatic heterocycles. The fraction of sp³-hybridized carbons (Fsp3) is 0.179. The second-order valence-electron chi connectivity index (χ2n) is 8.55. The van der Waals surface area contributed by atoms with Crippen molar-refractivity contribution >= 4 is 29.3 Å². The lowest BCUT2D eigenvalue weighted by Gasteiger charge is -2.29. The van der Waals surface area contributed by atoms with Crippen LogP contribution < -0.4 is 15.4 Å². The summed E-state index contributed by atoms with van der Waals surface area (Å²) < 4.78 is 7.16. The zero-order valence-electron chi connectivity index (χ0n) is 20.4. The van der Waals surface area contributed by atoms with Gasteiger partial charge in [-0.3, -0.25) is 4.79 Å². The Morgan fingerprint density at radius 1 is 1.06 bits per heavy atom. The van der Waals surface area contributed by atoms with E-state index in [1.54, 1.807) is 18.9 Å². The summed E-state index contributed by atoms with van der Waals surface area (Å²) >= 11 is 1.54. The van der Waals surface area contributed by atoms with E-state index in [4.69, 9.17) is 14.8 Å². The number of fused-ring (bicyclic) bond motifs is 1. The fourth-order valence-electron chi connectivity index (χ4n) is 4.30. The molecule has 0 saturated heterocycles. The van der Waals surface area contributed by atoms with Gasteiger partial charge >= 0.3 is 0 Å². The van der Waals surface area contributed by atoms with Crippen LogP contribution in [0.1, 0.15) is 29.7 Å². The van der Waals surface area contributed by atoms with Gasteiger partial charge in [0.15, 0.2) is 0 Å². The van der Waals surface area contributed by atoms with E-state index < -0.39 is 6.04 Å². The van der Waals surface area contributed by atoms with E-state index in [1.165, 1.54) is 0 Å². The van der Waals surface area contributed by atoms with Crippen molar-refractivity contribution in [2.24, 2.45) is 0 Å². The number of para-hydroxylation sites is 1. The molecule has 2 N–H and O–H groups in total. The van der Waals surface area contributed by atoms with Crippen LogP contribution in [0.2, 0.25) is 0 Å². The summed E-state index contributed by atoms with van der Waals surface area (Å²) in [6, 6.07) is 25.1. The van der Waals surface area contributed by atoms with Crippen LogP contribution in [0.15, 0.2) is 95.3 Å². The molecule has 0 aliphatic carbocycles. The molecule has 5 rings (SSSR count). The normalized spacial score (nSPS) is 14.7. The maximum Gasteiger partial charge on any atom is 0.255 e. The molecule has 4 aromatic rings. The third kappa shape index (κ3) is 4.85. The minimum Gasteiger partial charge on any atom is -0.497 e. The number of carbonyl (C=O) groups is 1. The Morgan fingerprint density at radius 2 is 1.83 bits per heavy atom. The number of rotatable bonds is 7. The molecule has 8 heteroatoms. The molecule has 0 fully saturated rings. The van der Waals surface area contributed by atoms with Gasteiger partial charge in [0.2, 0.25) is 11.1 Å². The van der Waals surface area contributed by atoms with Gasteiger partial charge in [0, 0.05) is 17.1 Å². The van der Waals surface area contributed by atoms with Crippen LogP contribution in [-0.2, 0) is 10.5 Å². The number of nitrogens with zero attached hydrogens (tertiary/aromatic N) is 3. The van der Waals surface area contributed by atoms with Gasteiger partial charge in [-0.15, -0.1) is 5.10 Å². The minimum atomic E-state index is -0.412. The standard InChI is InChI=1S/C28H27N5O2S/c1-18-10-7-8-15-23(18)25-24(26(34)30-21-12-5-4-6-13-21)19(2)29-27-31-28(32-33(25)27)36-17-20-11-9-14-22(16-20)35-3/h4-16,25H,17H2,1-3H3,(H,30,34)(H,29,31,32). The van der Waals surface area contributed by atoms with Crippen molar-refractivity contribution in [2.75, 3.05) is 17.7 Å². The number of anilines is 2. The molecule has 0 radical (unpaired) electrons. The fourth-order valence-corrected chi connectivity index (χ4v) is 5.07. The average Bonchev–Trinajstić information content (AvgIpc) is 3.30. The first-order chi connectivity index (χ1) is 17.5. The van der Waals surface area contributed by atoms with Crippen LogP contribution in [0.25, 0.3) is 0 Å². The smallest absolute Gasteiger partial charge is 0.255 e. The minimum absolute atomic E-state index is 0.175. The Balaban J connectivity index is 1.48. The molecule has 0 spiro atoms. The highest BCUT2D eigenvalue weighted by atomic mass is 32.2. The molecule has 0 saturated carbocycles. The highest BCUT2D eigenvalue weighted by molar-refractivity contribution is 7.98. The predicted molar refractivity (Wildman–Crippen MR) is 143 cm³/mol. The zero-order valence-corrected chi connectivity index (χ0v) is 21.2. The summed E-state index contributed by atoms with van der Waals surface area (Å²) in [6.45, 7) is 3.96. The lowest BCUT2D eigenvalue weighted by Crippen LogP contribution is -2.31. The SMILES string of the molecule is COc1cccc(CSc2nc3n(n2)C(c2ccccc2C)C(C(=O)Nc2ccccc2)=C(C)N3)c1. The van der Waals surface area contributed by atoms with Crippen LogP contribution in [0, 0.1) is 6.92 Å². The number of methoxy groups -OCH3 is 1. The zero-order chi connectivity index (χ0) is 25.1. The second kappa shape index (κ2) is 10.3. The molecule has 0 bridgehead atoms. The van der Waals surface area contributed by atoms with Gasteiger partial charge in [-0.2, -0.15) is 4.98 Å². The molecule has 3 aromatic carbocycles. The number of allylic oxidation sites excluding steroid dienone is 1. The molecule has 36 heavy (non-hydrogen) atoms. The Kier molecular flexibility index (Phi) is 6.77. The number of carbonyl (C=O) groups excluding carboxylic acids is 1. The van der Waals surface area contributed by atoms with E-state index in [2.05, 4.69) is 29.7 Å². The first kappa shape index (κ1) is 23.7. The van der Waals surface area contributed by atoms with Gasteiger partial charge < -0.3 is 15.4 Å². The first-order valence-electron chi connectivity index (χ1n) is 11.7. The van der Waals surface area contributed by atoms with Crippen molar-refractivity contribution in [1.82, 2.24) is 14.8 Å². The van der Waals surface area contributed by atoms with Gasteiger partial charge in [0.1, 0.15) is 11.8 Å². The highest BCUT2D eigenvalue weighted by Crippen LogP contribution is 2.38. The third-order valence-corrected chi connectivity index (χ3v) is 7.00. The summed E-state index contributed by atoms with van der Waals surface area (Å²) in [4.78, 5) is 18.3. The lowest BCUT2D eigenvalue weighted by atomic mass is 9.92. The Labute approximate surface area is 214 Å². The molecule has 182 valence electrons. The number of ether oxygens (including phenoxy) is 1. The van der Waals surface area contributed by atoms with Crippen molar-refractivity contribution in [1.29, 1.82) is 0 Å². The van der Waals surface area contributed by atoms with E-state index in [0.29, 0.717) is 22.4 Å². The van der Waals surface area contributed by atoms with Gasteiger partial charge in [-0.05, 0) is 54.8 Å². The van der Waals surface area contributed by atoms with E-state index >= 15 is 0 Å². The largest absolute Gasteiger partial charge is 0.497 e. The number of hydrogen-bond acceptors (Lipinski definition) is 6. The summed E-state index contributed by atoms with van der Waals surface area (Å²) in [6.07, 6.45) is 0. The highest BCUT2D eigenvalue weighted by Gasteiger charge is 2.35. The van der Waals surface area contributed by atoms with Crippen LogP contribution in [0.3, 0.4) is 0 Å². The number of thioether (sulfide) groups is 1. The number of aromatic nitrogens is 3. The molecular formula is C28H27N5O2S. The van der Waals surface area contributed by atoms with Crippen LogP contribution in [0.5, 0.6) is 5.75 Å². The molecule has 2 heterocycles. The molecule has 1 amide bonds. The summed E-state index contributed by atoms with van der Waals surface area (Å²) in [7, 11) is 1.66. The third-order valence-electron chi connectivity index (χ3n) is 6.09. The van der Waals surface area contributed by atoms with Crippen molar-refractivity contribution in [3.63, 3.8) is 0 Å². The molecule has 1 aliphatic rings. The van der Waals surface area contributed by atoms with E-state index in [0.717, 1.165) is 33.8 Å². The molecule has 1 aromatic heterocycles. The van der Waals surface area contributed by atoms with Crippen molar-refractivity contribution in [3.8, 4) is 5.75 Å². The Morgan fingerprint density at radius 3 is 2.61 bits per heavy atom. The number of nitrogens with one attached hydrogen (secondary N) is 2. The summed E-state index contributed by atoms with van der Waals surface area (Å²) in [5.41, 5.74) is 5.30. The van der Waals surface area contributed by atoms with Gasteiger partial charge in [-0.25, -0.2) is 4.68 Å². The van der Waals surface area contributed by atoms with Gasteiger partial charge in [-0.1, -0.05) is 66.4 Å². The predicted octanol–water partition coefficient (Wildman–Crippen LogP) is 5.82. The molecule has 1 atom stereocenters. The van der Waals surface area contributed by atoms with Crippen LogP contribution in [0.4, 0.5) is 11.6 Å². The maximum atomic E-state index is 13.6. The molecule has 1 unspecified atom stereocenters. The van der Waals surface area contributed by atoms with Crippen LogP contribution >= 0.6 is 11.8 Å². The monoisotopic (exact) mass is 497 g/mol. The Bertz CT molecular complexity index is 1430. The number of hydrogen-bond donors (Lipinski definition) is 2. The van der Waals surface area contributed by atoms with Crippen molar-refractivity contribution < 1.29 is 9.53 Å². The van der Waals surface area contributed by atoms with Crippen molar-refractivity contribution in [2.45, 2.75) is 30.8 Å². The number of aryl methyl sites for hydroxylation is 1. The Hall–Kier alpha value is -4.04.